The number of allylic oxidation sites excluding steroid dienone is 1. The van der Waals surface area contributed by atoms with Gasteiger partial charge in [0.25, 0.3) is 11.8 Å². The van der Waals surface area contributed by atoms with Gasteiger partial charge in [0.1, 0.15) is 0 Å². The average molecular weight is 444 g/mol. The van der Waals surface area contributed by atoms with Crippen LogP contribution in [0.2, 0.25) is 0 Å². The minimum Gasteiger partial charge on any atom is -0.366 e. The predicted octanol–water partition coefficient (Wildman–Crippen LogP) is 2.78. The Bertz CT molecular complexity index is 1230. The lowest BCUT2D eigenvalue weighted by molar-refractivity contribution is -0.123. The van der Waals surface area contributed by atoms with Gasteiger partial charge in [-0.1, -0.05) is 37.4 Å². The van der Waals surface area contributed by atoms with E-state index in [9.17, 15) is 19.2 Å². The van der Waals surface area contributed by atoms with Crippen LogP contribution in [0.3, 0.4) is 0 Å². The molecule has 2 aromatic rings. The van der Waals surface area contributed by atoms with Crippen LogP contribution in [-0.4, -0.2) is 34.5 Å². The molecular formula is C25H24N4O4. The van der Waals surface area contributed by atoms with Crippen molar-refractivity contribution < 1.29 is 19.2 Å². The summed E-state index contributed by atoms with van der Waals surface area (Å²) in [6, 6.07) is 8.16. The largest absolute Gasteiger partial charge is 0.366 e. The zero-order valence-corrected chi connectivity index (χ0v) is 18.4. The van der Waals surface area contributed by atoms with Gasteiger partial charge in [-0.05, 0) is 31.6 Å². The Morgan fingerprint density at radius 1 is 1.21 bits per heavy atom. The molecule has 0 fully saturated rings. The Morgan fingerprint density at radius 3 is 2.55 bits per heavy atom. The van der Waals surface area contributed by atoms with E-state index in [-0.39, 0.29) is 23.1 Å². The molecule has 168 valence electrons. The lowest BCUT2D eigenvalue weighted by Crippen LogP contribution is -2.44. The first-order valence-corrected chi connectivity index (χ1v) is 10.1. The number of imide groups is 1. The molecular weight excluding hydrogens is 420 g/mol. The first-order chi connectivity index (χ1) is 15.6. The number of carbonyl (C=O) groups is 4. The molecule has 3 N–H and O–H groups in total. The van der Waals surface area contributed by atoms with Gasteiger partial charge in [-0.2, -0.15) is 0 Å². The molecule has 1 aromatic heterocycles. The molecule has 1 aliphatic rings. The third-order valence-electron chi connectivity index (χ3n) is 5.39. The second-order valence-electron chi connectivity index (χ2n) is 8.16. The van der Waals surface area contributed by atoms with E-state index >= 15 is 0 Å². The zero-order chi connectivity index (χ0) is 24.3. The molecule has 33 heavy (non-hydrogen) atoms. The first kappa shape index (κ1) is 23.3. The van der Waals surface area contributed by atoms with Gasteiger partial charge < -0.3 is 10.6 Å². The molecule has 2 heterocycles. The fraction of sp³-hybridized carbons (Fsp3) is 0.160. The van der Waals surface area contributed by atoms with Gasteiger partial charge in [0, 0.05) is 35.0 Å². The number of pyridine rings is 1. The molecule has 0 unspecified atom stereocenters. The molecule has 1 aromatic carbocycles. The zero-order valence-electron chi connectivity index (χ0n) is 18.4. The average Bonchev–Trinajstić information content (AvgIpc) is 3.05. The highest BCUT2D eigenvalue weighted by atomic mass is 16.2. The Hall–Kier alpha value is -4.33. The Morgan fingerprint density at radius 2 is 1.91 bits per heavy atom. The van der Waals surface area contributed by atoms with E-state index in [4.69, 9.17) is 5.73 Å². The summed E-state index contributed by atoms with van der Waals surface area (Å²) >= 11 is 0. The summed E-state index contributed by atoms with van der Waals surface area (Å²) in [6.07, 6.45) is 5.19. The van der Waals surface area contributed by atoms with Crippen molar-refractivity contribution >= 4 is 35.3 Å². The highest BCUT2D eigenvalue weighted by Crippen LogP contribution is 2.37. The third-order valence-corrected chi connectivity index (χ3v) is 5.39. The van der Waals surface area contributed by atoms with Gasteiger partial charge in [0.2, 0.25) is 5.91 Å². The number of primary amides is 1. The van der Waals surface area contributed by atoms with Crippen molar-refractivity contribution in [2.45, 2.75) is 25.8 Å². The van der Waals surface area contributed by atoms with Crippen LogP contribution >= 0.6 is 0 Å². The fourth-order valence-corrected chi connectivity index (χ4v) is 3.96. The molecule has 0 saturated heterocycles. The maximum Gasteiger partial charge on any atom is 0.259 e. The lowest BCUT2D eigenvalue weighted by atomic mass is 9.87. The van der Waals surface area contributed by atoms with Crippen molar-refractivity contribution in [2.24, 2.45) is 5.73 Å². The van der Waals surface area contributed by atoms with E-state index < -0.39 is 23.3 Å². The van der Waals surface area contributed by atoms with Crippen molar-refractivity contribution in [3.8, 4) is 0 Å². The number of aromatic nitrogens is 1. The van der Waals surface area contributed by atoms with E-state index in [1.165, 1.54) is 12.3 Å². The minimum absolute atomic E-state index is 0.112. The van der Waals surface area contributed by atoms with Crippen LogP contribution in [0.25, 0.3) is 5.57 Å². The number of anilines is 1. The van der Waals surface area contributed by atoms with Crippen molar-refractivity contribution in [1.82, 2.24) is 10.3 Å². The van der Waals surface area contributed by atoms with E-state index in [1.807, 2.05) is 13.8 Å². The van der Waals surface area contributed by atoms with Crippen LogP contribution in [0, 0.1) is 0 Å². The first-order valence-electron chi connectivity index (χ1n) is 10.1. The van der Waals surface area contributed by atoms with Crippen LogP contribution in [0.4, 0.5) is 5.69 Å². The van der Waals surface area contributed by atoms with Gasteiger partial charge in [-0.25, -0.2) is 0 Å². The normalized spacial score (nSPS) is 13.5. The molecule has 0 bridgehead atoms. The number of hydrogen-bond donors (Lipinski definition) is 2. The molecule has 8 nitrogen and oxygen atoms in total. The summed E-state index contributed by atoms with van der Waals surface area (Å²) < 4.78 is 0. The number of rotatable bonds is 9. The number of amides is 3. The smallest absolute Gasteiger partial charge is 0.259 e. The summed E-state index contributed by atoms with van der Waals surface area (Å²) in [7, 11) is 0. The Kier molecular flexibility index (Phi) is 6.39. The maximum absolute atomic E-state index is 12.8. The second-order valence-corrected chi connectivity index (χ2v) is 8.16. The van der Waals surface area contributed by atoms with Gasteiger partial charge >= 0.3 is 0 Å². The Labute approximate surface area is 191 Å². The lowest BCUT2D eigenvalue weighted by Gasteiger charge is -2.41. The maximum atomic E-state index is 12.8. The van der Waals surface area contributed by atoms with Crippen molar-refractivity contribution in [2.75, 3.05) is 4.90 Å². The van der Waals surface area contributed by atoms with Crippen molar-refractivity contribution in [3.63, 3.8) is 0 Å². The predicted molar refractivity (Wildman–Crippen MR) is 125 cm³/mol. The molecule has 0 atom stereocenters. The van der Waals surface area contributed by atoms with E-state index in [2.05, 4.69) is 23.5 Å². The van der Waals surface area contributed by atoms with Crippen LogP contribution < -0.4 is 16.0 Å². The number of hydrogen-bond acceptors (Lipinski definition) is 6. The summed E-state index contributed by atoms with van der Waals surface area (Å²) in [6.45, 7) is 11.5. The molecule has 8 heteroatoms. The second kappa shape index (κ2) is 9.04. The quantitative estimate of drug-likeness (QED) is 0.348. The fourth-order valence-electron chi connectivity index (χ4n) is 3.96. The standard InChI is InChI=1S/C25H24N4O4/c1-5-15(2)29(18-10-17(22(26)31)12-27-13-18)25(3,4)11-20-21(24(33)28-23(20)32)19-9-7-6-8-16(19)14-30/h5-10,12-14H,1-2,11H2,3-4H3,(H2,26,31)(H,28,32,33). The number of aldehydes is 1. The van der Waals surface area contributed by atoms with E-state index in [0.29, 0.717) is 28.8 Å². The van der Waals surface area contributed by atoms with Crippen molar-refractivity contribution in [1.29, 1.82) is 0 Å². The highest BCUT2D eigenvalue weighted by Gasteiger charge is 2.38. The number of nitrogens with one attached hydrogen (secondary N) is 1. The molecule has 0 radical (unpaired) electrons. The van der Waals surface area contributed by atoms with E-state index in [1.54, 1.807) is 41.4 Å². The van der Waals surface area contributed by atoms with Gasteiger partial charge in [-0.15, -0.1) is 0 Å². The molecule has 0 spiro atoms. The summed E-state index contributed by atoms with van der Waals surface area (Å²) in [5.74, 6) is -1.73. The van der Waals surface area contributed by atoms with Crippen LogP contribution in [0.1, 0.15) is 46.5 Å². The molecule has 0 aliphatic carbocycles. The molecule has 3 rings (SSSR count). The molecule has 1 aliphatic heterocycles. The number of carbonyl (C=O) groups excluding carboxylic acids is 4. The third kappa shape index (κ3) is 4.50. The molecule has 0 saturated carbocycles. The summed E-state index contributed by atoms with van der Waals surface area (Å²) in [4.78, 5) is 54.6. The minimum atomic E-state index is -0.831. The SMILES string of the molecule is C=CC(=C)N(c1cncc(C(N)=O)c1)C(C)(C)CC1=C(c2ccccc2C=O)C(=O)NC1=O. The van der Waals surface area contributed by atoms with Gasteiger partial charge in [0.05, 0.1) is 23.0 Å². The number of benzene rings is 1. The number of nitrogens with zero attached hydrogens (tertiary/aromatic N) is 2. The monoisotopic (exact) mass is 444 g/mol. The van der Waals surface area contributed by atoms with Crippen molar-refractivity contribution in [3.05, 3.63) is 89.9 Å². The molecule has 3 amide bonds. The van der Waals surface area contributed by atoms with Gasteiger partial charge in [0.15, 0.2) is 6.29 Å². The number of nitrogens with two attached hydrogens (primary N) is 1. The van der Waals surface area contributed by atoms with E-state index in [0.717, 1.165) is 0 Å². The van der Waals surface area contributed by atoms with Crippen LogP contribution in [0.15, 0.2) is 73.2 Å². The van der Waals surface area contributed by atoms with Crippen LogP contribution in [-0.2, 0) is 9.59 Å². The topological polar surface area (TPSA) is 122 Å². The van der Waals surface area contributed by atoms with Crippen LogP contribution in [0.5, 0.6) is 0 Å². The summed E-state index contributed by atoms with van der Waals surface area (Å²) in [5, 5.41) is 2.33. The Balaban J connectivity index is 2.14. The highest BCUT2D eigenvalue weighted by molar-refractivity contribution is 6.36. The van der Waals surface area contributed by atoms with Gasteiger partial charge in [-0.3, -0.25) is 29.5 Å². The summed E-state index contributed by atoms with van der Waals surface area (Å²) in [5.41, 5.74) is 6.87.